The lowest BCUT2D eigenvalue weighted by Crippen LogP contribution is -3.00. The standard InChI is InChI=1S/C26H29N2S3.HI/c1-5-18(15-24-27(6-2)20-14-17(4)8-9-22(20)30-24)16-25-28(7-3)26-19-12-13-29-21(19)10-11-23(26)31-25;/h8-16,19,21H,5-7H2,1-4H3;1H/q+1;/p-1. The molecule has 1 aliphatic carbocycles. The third kappa shape index (κ3) is 4.28. The van der Waals surface area contributed by atoms with Crippen molar-refractivity contribution in [1.29, 1.82) is 0 Å². The van der Waals surface area contributed by atoms with Crippen LogP contribution in [-0.4, -0.2) is 11.8 Å². The first-order chi connectivity index (χ1) is 15.1. The lowest BCUT2D eigenvalue weighted by Gasteiger charge is -2.18. The molecule has 3 heterocycles. The van der Waals surface area contributed by atoms with E-state index in [4.69, 9.17) is 0 Å². The number of thiazole rings is 1. The van der Waals surface area contributed by atoms with Crippen molar-refractivity contribution in [2.45, 2.75) is 56.7 Å². The maximum atomic E-state index is 2.54. The molecule has 2 atom stereocenters. The van der Waals surface area contributed by atoms with E-state index in [1.54, 1.807) is 0 Å². The largest absolute Gasteiger partial charge is 1.00 e. The molecule has 1 aromatic carbocycles. The Bertz CT molecular complexity index is 1140. The zero-order valence-corrected chi connectivity index (χ0v) is 23.6. The summed E-state index contributed by atoms with van der Waals surface area (Å²) in [6.45, 7) is 11.0. The molecular weight excluding hydrogens is 563 g/mol. The summed E-state index contributed by atoms with van der Waals surface area (Å²) in [7, 11) is 0. The predicted octanol–water partition coefficient (Wildman–Crippen LogP) is 4.37. The molecule has 0 N–H and O–H groups in total. The van der Waals surface area contributed by atoms with Crippen LogP contribution in [0, 0.1) is 6.92 Å². The lowest BCUT2D eigenvalue weighted by molar-refractivity contribution is -0.698. The molecule has 168 valence electrons. The van der Waals surface area contributed by atoms with E-state index in [0.717, 1.165) is 19.5 Å². The summed E-state index contributed by atoms with van der Waals surface area (Å²) in [5.74, 6) is 0.519. The van der Waals surface area contributed by atoms with Gasteiger partial charge in [-0.15, -0.1) is 11.8 Å². The first-order valence-corrected chi connectivity index (χ1v) is 13.8. The summed E-state index contributed by atoms with van der Waals surface area (Å²) in [4.78, 5) is 5.25. The second-order valence-electron chi connectivity index (χ2n) is 8.12. The van der Waals surface area contributed by atoms with Crippen LogP contribution < -0.4 is 33.4 Å². The van der Waals surface area contributed by atoms with Crippen LogP contribution in [0.5, 0.6) is 0 Å². The molecular formula is C26H29IN2S3. The molecule has 0 bridgehead atoms. The van der Waals surface area contributed by atoms with Gasteiger partial charge < -0.3 is 28.9 Å². The summed E-state index contributed by atoms with van der Waals surface area (Å²) in [6, 6.07) is 6.80. The van der Waals surface area contributed by atoms with E-state index >= 15 is 0 Å². The number of anilines is 1. The fourth-order valence-corrected chi connectivity index (χ4v) is 8.04. The second kappa shape index (κ2) is 10.1. The van der Waals surface area contributed by atoms with E-state index in [0.29, 0.717) is 11.2 Å². The number of rotatable bonds is 5. The average Bonchev–Trinajstić information content (AvgIpc) is 3.46. The van der Waals surface area contributed by atoms with Gasteiger partial charge >= 0.3 is 0 Å². The van der Waals surface area contributed by atoms with Crippen molar-refractivity contribution < 1.29 is 28.5 Å². The molecule has 6 heteroatoms. The Morgan fingerprint density at radius 3 is 2.78 bits per heavy atom. The van der Waals surface area contributed by atoms with Crippen LogP contribution >= 0.6 is 34.9 Å². The summed E-state index contributed by atoms with van der Waals surface area (Å²) in [6.07, 6.45) is 13.0. The number of nitrogens with zero attached hydrogens (tertiary/aromatic N) is 2. The van der Waals surface area contributed by atoms with Gasteiger partial charge in [0.1, 0.15) is 11.4 Å². The third-order valence-electron chi connectivity index (χ3n) is 6.20. The number of hydrogen-bond acceptors (Lipinski definition) is 4. The smallest absolute Gasteiger partial charge is 0.262 e. The van der Waals surface area contributed by atoms with Gasteiger partial charge in [-0.05, 0) is 68.0 Å². The molecule has 2 aromatic rings. The summed E-state index contributed by atoms with van der Waals surface area (Å²) >= 11 is 5.79. The fourth-order valence-electron chi connectivity index (χ4n) is 4.59. The van der Waals surface area contributed by atoms with Crippen LogP contribution in [0.3, 0.4) is 0 Å². The Balaban J connectivity index is 0.00000245. The molecule has 5 rings (SSSR count). The second-order valence-corrected chi connectivity index (χ2v) is 11.3. The fraction of sp³-hybridized carbons (Fsp3) is 0.346. The number of aromatic nitrogens is 1. The monoisotopic (exact) mass is 592 g/mol. The first kappa shape index (κ1) is 24.2. The van der Waals surface area contributed by atoms with Gasteiger partial charge in [0.25, 0.3) is 5.01 Å². The Morgan fingerprint density at radius 2 is 2.03 bits per heavy atom. The van der Waals surface area contributed by atoms with Crippen molar-refractivity contribution in [1.82, 2.24) is 0 Å². The molecule has 3 aliphatic rings. The number of aryl methyl sites for hydroxylation is 1. The third-order valence-corrected chi connectivity index (χ3v) is 9.50. The molecule has 0 spiro atoms. The molecule has 0 amide bonds. The van der Waals surface area contributed by atoms with E-state index < -0.39 is 0 Å². The Labute approximate surface area is 221 Å². The zero-order valence-electron chi connectivity index (χ0n) is 19.0. The minimum atomic E-state index is 0. The highest BCUT2D eigenvalue weighted by atomic mass is 127. The van der Waals surface area contributed by atoms with Crippen molar-refractivity contribution in [3.05, 3.63) is 73.6 Å². The van der Waals surface area contributed by atoms with Crippen molar-refractivity contribution in [3.8, 4) is 0 Å². The summed E-state index contributed by atoms with van der Waals surface area (Å²) in [5, 5.41) is 5.56. The van der Waals surface area contributed by atoms with Crippen molar-refractivity contribution in [2.75, 3.05) is 11.4 Å². The molecule has 2 nitrogen and oxygen atoms in total. The van der Waals surface area contributed by atoms with Gasteiger partial charge in [0.15, 0.2) is 0 Å². The van der Waals surface area contributed by atoms with E-state index in [1.807, 2.05) is 34.9 Å². The Kier molecular flexibility index (Phi) is 7.64. The lowest BCUT2D eigenvalue weighted by atomic mass is 9.95. The number of thioether (sulfide) groups is 2. The molecule has 0 radical (unpaired) electrons. The van der Waals surface area contributed by atoms with Gasteiger partial charge in [0, 0.05) is 22.8 Å². The van der Waals surface area contributed by atoms with Crippen LogP contribution in [0.4, 0.5) is 5.69 Å². The molecule has 2 aliphatic heterocycles. The van der Waals surface area contributed by atoms with Crippen molar-refractivity contribution >= 4 is 52.7 Å². The predicted molar refractivity (Wildman–Crippen MR) is 139 cm³/mol. The number of fused-ring (bicyclic) bond motifs is 4. The Hall–Kier alpha value is -0.960. The van der Waals surface area contributed by atoms with E-state index in [2.05, 4.69) is 91.1 Å². The van der Waals surface area contributed by atoms with Crippen LogP contribution in [0.2, 0.25) is 0 Å². The number of halogens is 1. The average molecular weight is 593 g/mol. The van der Waals surface area contributed by atoms with Crippen molar-refractivity contribution in [3.63, 3.8) is 0 Å². The highest BCUT2D eigenvalue weighted by molar-refractivity contribution is 8.03. The van der Waals surface area contributed by atoms with Crippen LogP contribution in [-0.2, 0) is 6.54 Å². The van der Waals surface area contributed by atoms with Gasteiger partial charge in [0.05, 0.1) is 16.6 Å². The summed E-state index contributed by atoms with van der Waals surface area (Å²) in [5.41, 5.74) is 5.57. The quantitative estimate of drug-likeness (QED) is 0.377. The normalized spacial score (nSPS) is 22.2. The topological polar surface area (TPSA) is 7.12 Å². The molecule has 0 saturated carbocycles. The van der Waals surface area contributed by atoms with Gasteiger partial charge in [0.2, 0.25) is 5.69 Å². The SMILES string of the molecule is CCC(/C=C1\Sc2ccc(C)cc2N1CC)=C\c1sc2c([n+]1CC)C1C=CSC1C=C2.[I-]. The van der Waals surface area contributed by atoms with Crippen LogP contribution in [0.25, 0.3) is 12.2 Å². The first-order valence-electron chi connectivity index (χ1n) is 11.2. The Morgan fingerprint density at radius 1 is 1.19 bits per heavy atom. The highest BCUT2D eigenvalue weighted by Crippen LogP contribution is 2.47. The minimum absolute atomic E-state index is 0. The summed E-state index contributed by atoms with van der Waals surface area (Å²) < 4.78 is 2.54. The molecule has 0 saturated heterocycles. The highest BCUT2D eigenvalue weighted by Gasteiger charge is 2.38. The van der Waals surface area contributed by atoms with Crippen LogP contribution in [0.1, 0.15) is 54.3 Å². The van der Waals surface area contributed by atoms with Gasteiger partial charge in [-0.1, -0.05) is 48.2 Å². The van der Waals surface area contributed by atoms with Gasteiger partial charge in [-0.2, -0.15) is 4.57 Å². The van der Waals surface area contributed by atoms with Crippen molar-refractivity contribution in [2.24, 2.45) is 0 Å². The van der Waals surface area contributed by atoms with E-state index in [9.17, 15) is 0 Å². The maximum Gasteiger partial charge on any atom is 0.262 e. The number of hydrogen-bond donors (Lipinski definition) is 0. The minimum Gasteiger partial charge on any atom is -1.00 e. The molecule has 1 aromatic heterocycles. The van der Waals surface area contributed by atoms with Gasteiger partial charge in [-0.3, -0.25) is 0 Å². The zero-order chi connectivity index (χ0) is 21.5. The van der Waals surface area contributed by atoms with E-state index in [1.165, 1.54) is 42.3 Å². The van der Waals surface area contributed by atoms with Crippen LogP contribution in [0.15, 0.2) is 57.3 Å². The van der Waals surface area contributed by atoms with E-state index in [-0.39, 0.29) is 24.0 Å². The number of benzene rings is 1. The molecule has 32 heavy (non-hydrogen) atoms. The molecule has 0 fully saturated rings. The van der Waals surface area contributed by atoms with Gasteiger partial charge in [-0.25, -0.2) is 0 Å². The molecule has 2 unspecified atom stereocenters. The maximum absolute atomic E-state index is 2.54. The number of allylic oxidation sites excluding steroid dienone is 3.